The molecule has 0 spiro atoms. The lowest BCUT2D eigenvalue weighted by Crippen LogP contribution is -2.02. The fraction of sp³-hybridized carbons (Fsp3) is 0.357. The third-order valence-electron chi connectivity index (χ3n) is 2.88. The molecule has 2 N–H and O–H groups in total. The SMILES string of the molecule is Cc1ccc2c(CN)cc(C(C)C)nc2c1. The molecule has 0 aliphatic heterocycles. The zero-order chi connectivity index (χ0) is 11.7. The van der Waals surface area contributed by atoms with Gasteiger partial charge in [0.15, 0.2) is 0 Å². The lowest BCUT2D eigenvalue weighted by atomic mass is 10.0. The minimum atomic E-state index is 0.440. The van der Waals surface area contributed by atoms with Crippen LogP contribution in [0.4, 0.5) is 0 Å². The molecule has 0 saturated heterocycles. The number of aryl methyl sites for hydroxylation is 1. The van der Waals surface area contributed by atoms with E-state index in [9.17, 15) is 0 Å². The number of pyridine rings is 1. The molecule has 0 bridgehead atoms. The van der Waals surface area contributed by atoms with Crippen LogP contribution in [0.5, 0.6) is 0 Å². The molecule has 0 radical (unpaired) electrons. The number of nitrogens with two attached hydrogens (primary N) is 1. The molecule has 2 nitrogen and oxygen atoms in total. The largest absolute Gasteiger partial charge is 0.326 e. The first-order chi connectivity index (χ1) is 7.61. The summed E-state index contributed by atoms with van der Waals surface area (Å²) >= 11 is 0. The van der Waals surface area contributed by atoms with Crippen molar-refractivity contribution in [1.82, 2.24) is 4.98 Å². The lowest BCUT2D eigenvalue weighted by molar-refractivity contribution is 0.825. The molecule has 0 aliphatic rings. The van der Waals surface area contributed by atoms with Crippen molar-refractivity contribution in [1.29, 1.82) is 0 Å². The topological polar surface area (TPSA) is 38.9 Å². The second kappa shape index (κ2) is 4.22. The maximum atomic E-state index is 5.80. The highest BCUT2D eigenvalue weighted by atomic mass is 14.7. The van der Waals surface area contributed by atoms with E-state index >= 15 is 0 Å². The Hall–Kier alpha value is -1.41. The van der Waals surface area contributed by atoms with E-state index in [1.807, 2.05) is 0 Å². The predicted molar refractivity (Wildman–Crippen MR) is 68.5 cm³/mol. The molecule has 16 heavy (non-hydrogen) atoms. The average molecular weight is 214 g/mol. The van der Waals surface area contributed by atoms with Gasteiger partial charge < -0.3 is 5.73 Å². The van der Waals surface area contributed by atoms with Gasteiger partial charge in [-0.15, -0.1) is 0 Å². The molecule has 0 atom stereocenters. The van der Waals surface area contributed by atoms with Gasteiger partial charge in [-0.2, -0.15) is 0 Å². The number of hydrogen-bond donors (Lipinski definition) is 1. The van der Waals surface area contributed by atoms with E-state index in [2.05, 4.69) is 50.0 Å². The van der Waals surface area contributed by atoms with Gasteiger partial charge in [0.2, 0.25) is 0 Å². The van der Waals surface area contributed by atoms with Crippen molar-refractivity contribution in [2.45, 2.75) is 33.2 Å². The number of aromatic nitrogens is 1. The molecule has 0 fully saturated rings. The molecular formula is C14H18N2. The van der Waals surface area contributed by atoms with Crippen molar-refractivity contribution in [3.63, 3.8) is 0 Å². The third-order valence-corrected chi connectivity index (χ3v) is 2.88. The van der Waals surface area contributed by atoms with Crippen LogP contribution in [0.15, 0.2) is 24.3 Å². The van der Waals surface area contributed by atoms with Gasteiger partial charge in [-0.1, -0.05) is 26.0 Å². The van der Waals surface area contributed by atoms with Crippen LogP contribution in [-0.4, -0.2) is 4.98 Å². The average Bonchev–Trinajstić information content (AvgIpc) is 2.26. The molecule has 84 valence electrons. The van der Waals surface area contributed by atoms with Crippen molar-refractivity contribution in [2.24, 2.45) is 5.73 Å². The Bertz CT molecular complexity index is 515. The molecule has 1 aromatic heterocycles. The van der Waals surface area contributed by atoms with E-state index in [1.54, 1.807) is 0 Å². The number of nitrogens with zero attached hydrogens (tertiary/aromatic N) is 1. The van der Waals surface area contributed by atoms with Crippen LogP contribution in [0.1, 0.15) is 36.6 Å². The first kappa shape index (κ1) is 11.1. The van der Waals surface area contributed by atoms with Gasteiger partial charge in [0.05, 0.1) is 5.52 Å². The Morgan fingerprint density at radius 1 is 1.25 bits per heavy atom. The fourth-order valence-corrected chi connectivity index (χ4v) is 1.90. The summed E-state index contributed by atoms with van der Waals surface area (Å²) in [4.78, 5) is 4.69. The van der Waals surface area contributed by atoms with Gasteiger partial charge in [-0.05, 0) is 36.1 Å². The Balaban J connectivity index is 2.73. The Labute approximate surface area is 96.5 Å². The summed E-state index contributed by atoms with van der Waals surface area (Å²) in [6.07, 6.45) is 0. The van der Waals surface area contributed by atoms with Gasteiger partial charge in [0.1, 0.15) is 0 Å². The minimum Gasteiger partial charge on any atom is -0.326 e. The molecule has 0 aliphatic carbocycles. The van der Waals surface area contributed by atoms with Gasteiger partial charge in [0, 0.05) is 17.6 Å². The molecule has 1 aromatic carbocycles. The summed E-state index contributed by atoms with van der Waals surface area (Å²) in [5.74, 6) is 0.440. The maximum absolute atomic E-state index is 5.80. The van der Waals surface area contributed by atoms with E-state index in [-0.39, 0.29) is 0 Å². The number of hydrogen-bond acceptors (Lipinski definition) is 2. The van der Waals surface area contributed by atoms with Crippen molar-refractivity contribution in [3.05, 3.63) is 41.1 Å². The summed E-state index contributed by atoms with van der Waals surface area (Å²) in [6.45, 7) is 6.97. The second-order valence-corrected chi connectivity index (χ2v) is 4.59. The van der Waals surface area contributed by atoms with Crippen molar-refractivity contribution in [3.8, 4) is 0 Å². The normalized spacial score (nSPS) is 11.3. The highest BCUT2D eigenvalue weighted by Gasteiger charge is 2.07. The van der Waals surface area contributed by atoms with E-state index < -0.39 is 0 Å². The zero-order valence-electron chi connectivity index (χ0n) is 10.1. The number of benzene rings is 1. The molecule has 0 amide bonds. The quantitative estimate of drug-likeness (QED) is 0.834. The standard InChI is InChI=1S/C14H18N2/c1-9(2)13-7-11(8-15)12-5-4-10(3)6-14(12)16-13/h4-7,9H,8,15H2,1-3H3. The van der Waals surface area contributed by atoms with Crippen LogP contribution in [-0.2, 0) is 6.54 Å². The predicted octanol–water partition coefficient (Wildman–Crippen LogP) is 3.13. The number of rotatable bonds is 2. The first-order valence-electron chi connectivity index (χ1n) is 5.72. The van der Waals surface area contributed by atoms with Crippen molar-refractivity contribution >= 4 is 10.9 Å². The van der Waals surface area contributed by atoms with E-state index in [0.29, 0.717) is 12.5 Å². The maximum Gasteiger partial charge on any atom is 0.0711 e. The van der Waals surface area contributed by atoms with Crippen LogP contribution in [0, 0.1) is 6.92 Å². The Morgan fingerprint density at radius 2 is 2.00 bits per heavy atom. The summed E-state index contributed by atoms with van der Waals surface area (Å²) in [5.41, 5.74) is 10.4. The molecule has 2 heteroatoms. The fourth-order valence-electron chi connectivity index (χ4n) is 1.90. The highest BCUT2D eigenvalue weighted by Crippen LogP contribution is 2.22. The lowest BCUT2D eigenvalue weighted by Gasteiger charge is -2.10. The third kappa shape index (κ3) is 1.93. The Morgan fingerprint density at radius 3 is 2.62 bits per heavy atom. The summed E-state index contributed by atoms with van der Waals surface area (Å²) in [7, 11) is 0. The van der Waals surface area contributed by atoms with E-state index in [4.69, 9.17) is 5.73 Å². The van der Waals surface area contributed by atoms with Gasteiger partial charge in [0.25, 0.3) is 0 Å². The summed E-state index contributed by atoms with van der Waals surface area (Å²) in [6, 6.07) is 8.48. The van der Waals surface area contributed by atoms with Gasteiger partial charge in [-0.3, -0.25) is 4.98 Å². The minimum absolute atomic E-state index is 0.440. The Kier molecular flexibility index (Phi) is 2.92. The molecule has 0 unspecified atom stereocenters. The highest BCUT2D eigenvalue weighted by molar-refractivity contribution is 5.83. The molecular weight excluding hydrogens is 196 g/mol. The molecule has 1 heterocycles. The van der Waals surface area contributed by atoms with Crippen LogP contribution in [0.25, 0.3) is 10.9 Å². The second-order valence-electron chi connectivity index (χ2n) is 4.59. The van der Waals surface area contributed by atoms with Gasteiger partial charge >= 0.3 is 0 Å². The molecule has 2 aromatic rings. The van der Waals surface area contributed by atoms with Crippen molar-refractivity contribution < 1.29 is 0 Å². The van der Waals surface area contributed by atoms with Crippen LogP contribution in [0.2, 0.25) is 0 Å². The zero-order valence-corrected chi connectivity index (χ0v) is 10.1. The molecule has 0 saturated carbocycles. The van der Waals surface area contributed by atoms with Crippen molar-refractivity contribution in [2.75, 3.05) is 0 Å². The monoisotopic (exact) mass is 214 g/mol. The van der Waals surface area contributed by atoms with E-state index in [0.717, 1.165) is 11.2 Å². The molecule has 2 rings (SSSR count). The van der Waals surface area contributed by atoms with E-state index in [1.165, 1.54) is 16.5 Å². The summed E-state index contributed by atoms with van der Waals surface area (Å²) in [5, 5.41) is 1.18. The first-order valence-corrected chi connectivity index (χ1v) is 5.72. The summed E-state index contributed by atoms with van der Waals surface area (Å²) < 4.78 is 0. The van der Waals surface area contributed by atoms with Gasteiger partial charge in [-0.25, -0.2) is 0 Å². The smallest absolute Gasteiger partial charge is 0.0711 e. The van der Waals surface area contributed by atoms with Crippen LogP contribution in [0.3, 0.4) is 0 Å². The van der Waals surface area contributed by atoms with Crippen LogP contribution >= 0.6 is 0 Å². The van der Waals surface area contributed by atoms with Crippen LogP contribution < -0.4 is 5.73 Å². The number of fused-ring (bicyclic) bond motifs is 1.